The summed E-state index contributed by atoms with van der Waals surface area (Å²) in [5.74, 6) is 0.872. The quantitative estimate of drug-likeness (QED) is 0.680. The lowest BCUT2D eigenvalue weighted by Crippen LogP contribution is -2.23. The van der Waals surface area contributed by atoms with Crippen LogP contribution in [0.25, 0.3) is 0 Å². The summed E-state index contributed by atoms with van der Waals surface area (Å²) in [6.07, 6.45) is 3.15. The molecule has 0 saturated heterocycles. The Morgan fingerprint density at radius 2 is 2.58 bits per heavy atom. The van der Waals surface area contributed by atoms with Gasteiger partial charge in [0.15, 0.2) is 0 Å². The average Bonchev–Trinajstić information content (AvgIpc) is 2.46. The maximum absolute atomic E-state index is 5.63. The second-order valence-electron chi connectivity index (χ2n) is 3.05. The molecule has 1 N–H and O–H groups in total. The molecule has 2 heterocycles. The van der Waals surface area contributed by atoms with E-state index in [1.165, 1.54) is 0 Å². The molecule has 4 nitrogen and oxygen atoms in total. The van der Waals surface area contributed by atoms with Gasteiger partial charge in [0.25, 0.3) is 0 Å². The number of fused-ring (bicyclic) bond motifs is 1. The van der Waals surface area contributed by atoms with Crippen LogP contribution >= 0.6 is 0 Å². The van der Waals surface area contributed by atoms with Gasteiger partial charge in [0.1, 0.15) is 5.69 Å². The molecule has 0 fully saturated rings. The number of hydrogen-bond donors (Lipinski definition) is 1. The third-order valence-corrected chi connectivity index (χ3v) is 2.12. The molecule has 1 unspecified atom stereocenters. The molecule has 4 heteroatoms. The normalized spacial score (nSPS) is 21.3. The fraction of sp³-hybridized carbons (Fsp3) is 0.625. The molecule has 0 spiro atoms. The lowest BCUT2D eigenvalue weighted by molar-refractivity contribution is 0.150. The van der Waals surface area contributed by atoms with Crippen molar-refractivity contribution in [3.63, 3.8) is 0 Å². The smallest absolute Gasteiger partial charge is 0.236 e. The van der Waals surface area contributed by atoms with E-state index < -0.39 is 0 Å². The second-order valence-corrected chi connectivity index (χ2v) is 3.05. The molecule has 1 aromatic rings. The highest BCUT2D eigenvalue weighted by molar-refractivity contribution is 5.51. The van der Waals surface area contributed by atoms with E-state index >= 15 is 0 Å². The van der Waals surface area contributed by atoms with Crippen molar-refractivity contribution in [2.75, 3.05) is 12.4 Å². The van der Waals surface area contributed by atoms with Gasteiger partial charge in [0.2, 0.25) is 5.88 Å². The number of aryl methyl sites for hydroxylation is 1. The minimum Gasteiger partial charge on any atom is -0.473 e. The van der Waals surface area contributed by atoms with Gasteiger partial charge >= 0.3 is 0 Å². The standard InChI is InChI=1S/C8H13N3O/c1-6-3-4-11-8(12-6)7(9-2)5-10-11/h5-6,9H,3-4H2,1-2H3. The number of aromatic nitrogens is 2. The van der Waals surface area contributed by atoms with Gasteiger partial charge < -0.3 is 10.1 Å². The van der Waals surface area contributed by atoms with Crippen LogP contribution in [0.5, 0.6) is 5.88 Å². The maximum atomic E-state index is 5.63. The van der Waals surface area contributed by atoms with E-state index in [-0.39, 0.29) is 0 Å². The SMILES string of the molecule is CNc1cnn2c1OC(C)CC2. The van der Waals surface area contributed by atoms with Gasteiger partial charge in [0, 0.05) is 20.0 Å². The van der Waals surface area contributed by atoms with Gasteiger partial charge in [-0.1, -0.05) is 0 Å². The largest absolute Gasteiger partial charge is 0.473 e. The first-order valence-electron chi connectivity index (χ1n) is 4.21. The van der Waals surface area contributed by atoms with Crippen molar-refractivity contribution in [3.8, 4) is 5.88 Å². The molecular formula is C8H13N3O. The Labute approximate surface area is 71.5 Å². The summed E-state index contributed by atoms with van der Waals surface area (Å²) in [5, 5.41) is 7.24. The molecule has 0 saturated carbocycles. The second kappa shape index (κ2) is 2.69. The monoisotopic (exact) mass is 167 g/mol. The van der Waals surface area contributed by atoms with E-state index in [0.29, 0.717) is 6.10 Å². The number of rotatable bonds is 1. The van der Waals surface area contributed by atoms with Crippen LogP contribution in [0, 0.1) is 0 Å². The van der Waals surface area contributed by atoms with Crippen LogP contribution in [0.3, 0.4) is 0 Å². The fourth-order valence-electron chi connectivity index (χ4n) is 1.38. The first-order valence-corrected chi connectivity index (χ1v) is 4.21. The van der Waals surface area contributed by atoms with E-state index in [4.69, 9.17) is 4.74 Å². The van der Waals surface area contributed by atoms with Crippen LogP contribution < -0.4 is 10.1 Å². The number of hydrogen-bond acceptors (Lipinski definition) is 3. The van der Waals surface area contributed by atoms with Crippen LogP contribution in [-0.4, -0.2) is 22.9 Å². The summed E-state index contributed by atoms with van der Waals surface area (Å²) in [6, 6.07) is 0. The lowest BCUT2D eigenvalue weighted by Gasteiger charge is -2.22. The number of ether oxygens (including phenoxy) is 1. The lowest BCUT2D eigenvalue weighted by atomic mass is 10.2. The third-order valence-electron chi connectivity index (χ3n) is 2.12. The molecule has 1 aliphatic rings. The van der Waals surface area contributed by atoms with Crippen molar-refractivity contribution in [2.24, 2.45) is 0 Å². The molecule has 0 radical (unpaired) electrons. The van der Waals surface area contributed by atoms with E-state index in [1.807, 2.05) is 11.7 Å². The zero-order valence-corrected chi connectivity index (χ0v) is 7.37. The van der Waals surface area contributed by atoms with E-state index in [2.05, 4.69) is 17.3 Å². The zero-order valence-electron chi connectivity index (χ0n) is 7.37. The molecule has 1 aliphatic heterocycles. The Balaban J connectivity index is 2.34. The van der Waals surface area contributed by atoms with Crippen molar-refractivity contribution >= 4 is 5.69 Å². The molecule has 1 aromatic heterocycles. The minimum atomic E-state index is 0.307. The average molecular weight is 167 g/mol. The van der Waals surface area contributed by atoms with Gasteiger partial charge in [-0.3, -0.25) is 0 Å². The Kier molecular flexibility index (Phi) is 1.67. The minimum absolute atomic E-state index is 0.307. The summed E-state index contributed by atoms with van der Waals surface area (Å²) >= 11 is 0. The summed E-state index contributed by atoms with van der Waals surface area (Å²) in [7, 11) is 1.88. The van der Waals surface area contributed by atoms with Crippen molar-refractivity contribution in [2.45, 2.75) is 26.0 Å². The molecule has 0 aromatic carbocycles. The zero-order chi connectivity index (χ0) is 8.55. The van der Waals surface area contributed by atoms with Gasteiger partial charge in [-0.05, 0) is 6.92 Å². The van der Waals surface area contributed by atoms with E-state index in [0.717, 1.165) is 24.5 Å². The molecule has 2 rings (SSSR count). The van der Waals surface area contributed by atoms with Gasteiger partial charge in [-0.15, -0.1) is 0 Å². The van der Waals surface area contributed by atoms with Crippen LogP contribution in [0.2, 0.25) is 0 Å². The highest BCUT2D eigenvalue weighted by atomic mass is 16.5. The number of nitrogens with zero attached hydrogens (tertiary/aromatic N) is 2. The highest BCUT2D eigenvalue weighted by Gasteiger charge is 2.19. The molecule has 1 atom stereocenters. The molecule has 66 valence electrons. The van der Waals surface area contributed by atoms with Crippen LogP contribution in [0.1, 0.15) is 13.3 Å². The maximum Gasteiger partial charge on any atom is 0.236 e. The number of anilines is 1. The van der Waals surface area contributed by atoms with Crippen LogP contribution in [0.15, 0.2) is 6.20 Å². The third kappa shape index (κ3) is 1.03. The Morgan fingerprint density at radius 3 is 3.33 bits per heavy atom. The van der Waals surface area contributed by atoms with Crippen molar-refractivity contribution in [3.05, 3.63) is 6.20 Å². The van der Waals surface area contributed by atoms with E-state index in [9.17, 15) is 0 Å². The fourth-order valence-corrected chi connectivity index (χ4v) is 1.38. The number of nitrogens with one attached hydrogen (secondary N) is 1. The predicted octanol–water partition coefficient (Wildman–Crippen LogP) is 1.10. The van der Waals surface area contributed by atoms with Crippen LogP contribution in [-0.2, 0) is 6.54 Å². The molecule has 0 aliphatic carbocycles. The van der Waals surface area contributed by atoms with Gasteiger partial charge in [-0.2, -0.15) is 5.10 Å². The van der Waals surface area contributed by atoms with Crippen molar-refractivity contribution in [1.29, 1.82) is 0 Å². The molecule has 0 bridgehead atoms. The Bertz CT molecular complexity index is 268. The first-order chi connectivity index (χ1) is 5.81. The summed E-state index contributed by atoms with van der Waals surface area (Å²) in [5.41, 5.74) is 0.974. The topological polar surface area (TPSA) is 39.1 Å². The molecule has 0 amide bonds. The Morgan fingerprint density at radius 1 is 1.75 bits per heavy atom. The first kappa shape index (κ1) is 7.46. The molecule has 12 heavy (non-hydrogen) atoms. The Hall–Kier alpha value is -1.19. The van der Waals surface area contributed by atoms with Crippen molar-refractivity contribution < 1.29 is 4.74 Å². The highest BCUT2D eigenvalue weighted by Crippen LogP contribution is 2.28. The van der Waals surface area contributed by atoms with Gasteiger partial charge in [-0.25, -0.2) is 4.68 Å². The van der Waals surface area contributed by atoms with Crippen LogP contribution in [0.4, 0.5) is 5.69 Å². The molecular weight excluding hydrogens is 154 g/mol. The summed E-state index contributed by atoms with van der Waals surface area (Å²) < 4.78 is 7.53. The van der Waals surface area contributed by atoms with Crippen molar-refractivity contribution in [1.82, 2.24) is 9.78 Å². The predicted molar refractivity (Wildman–Crippen MR) is 46.5 cm³/mol. The summed E-state index contributed by atoms with van der Waals surface area (Å²) in [4.78, 5) is 0. The van der Waals surface area contributed by atoms with E-state index in [1.54, 1.807) is 6.20 Å². The summed E-state index contributed by atoms with van der Waals surface area (Å²) in [6.45, 7) is 3.04. The van der Waals surface area contributed by atoms with Gasteiger partial charge in [0.05, 0.1) is 12.3 Å².